The number of hydrogen-bond donors (Lipinski definition) is 1. The summed E-state index contributed by atoms with van der Waals surface area (Å²) in [7, 11) is 0. The molecular weight excluding hydrogens is 212 g/mol. The Bertz CT molecular complexity index is 311. The average molecular weight is 229 g/mol. The second-order valence-corrected chi connectivity index (χ2v) is 3.66. The minimum Gasteiger partial charge on any atom is -0.486 e. The van der Waals surface area contributed by atoms with Crippen LogP contribution in [0.2, 0.25) is 0 Å². The van der Waals surface area contributed by atoms with Crippen molar-refractivity contribution in [2.24, 2.45) is 0 Å². The molecule has 0 aliphatic heterocycles. The van der Waals surface area contributed by atoms with Gasteiger partial charge < -0.3 is 10.1 Å². The monoisotopic (exact) mass is 229 g/mol. The number of para-hydroxylation sites is 1. The van der Waals surface area contributed by atoms with Gasteiger partial charge in [0.1, 0.15) is 6.61 Å². The summed E-state index contributed by atoms with van der Waals surface area (Å²) < 4.78 is 31.3. The van der Waals surface area contributed by atoms with Gasteiger partial charge in [0.15, 0.2) is 17.4 Å². The molecule has 0 amide bonds. The van der Waals surface area contributed by atoms with Gasteiger partial charge in [0.25, 0.3) is 0 Å². The lowest BCUT2D eigenvalue weighted by Gasteiger charge is -2.12. The predicted octanol–water partition coefficient (Wildman–Crippen LogP) is 2.73. The topological polar surface area (TPSA) is 21.3 Å². The smallest absolute Gasteiger partial charge is 0.190 e. The molecule has 0 saturated carbocycles. The van der Waals surface area contributed by atoms with Gasteiger partial charge in [-0.2, -0.15) is 0 Å². The van der Waals surface area contributed by atoms with Crippen LogP contribution in [0.4, 0.5) is 8.78 Å². The van der Waals surface area contributed by atoms with E-state index in [-0.39, 0.29) is 12.4 Å². The van der Waals surface area contributed by atoms with Crippen molar-refractivity contribution < 1.29 is 13.5 Å². The van der Waals surface area contributed by atoms with E-state index in [1.54, 1.807) is 0 Å². The Morgan fingerprint density at radius 3 is 2.50 bits per heavy atom. The first-order valence-electron chi connectivity index (χ1n) is 5.45. The van der Waals surface area contributed by atoms with E-state index in [0.29, 0.717) is 12.6 Å². The fraction of sp³-hybridized carbons (Fsp3) is 0.500. The van der Waals surface area contributed by atoms with Crippen LogP contribution in [-0.2, 0) is 0 Å². The first-order valence-corrected chi connectivity index (χ1v) is 5.45. The summed E-state index contributed by atoms with van der Waals surface area (Å²) in [5.41, 5.74) is 0. The standard InChI is InChI=1S/C12H17F2NO/c1-3-9(2)15-7-8-16-12-10(13)5-4-6-11(12)14/h4-6,9,15H,3,7-8H2,1-2H3. The van der Waals surface area contributed by atoms with Gasteiger partial charge in [0, 0.05) is 12.6 Å². The fourth-order valence-electron chi connectivity index (χ4n) is 1.22. The van der Waals surface area contributed by atoms with Crippen molar-refractivity contribution in [2.75, 3.05) is 13.2 Å². The molecule has 0 heterocycles. The third-order valence-electron chi connectivity index (χ3n) is 2.37. The fourth-order valence-corrected chi connectivity index (χ4v) is 1.22. The van der Waals surface area contributed by atoms with E-state index in [1.807, 2.05) is 6.92 Å². The Balaban J connectivity index is 2.37. The van der Waals surface area contributed by atoms with E-state index in [0.717, 1.165) is 6.42 Å². The van der Waals surface area contributed by atoms with E-state index in [9.17, 15) is 8.78 Å². The lowest BCUT2D eigenvalue weighted by Crippen LogP contribution is -2.29. The Kier molecular flexibility index (Phi) is 5.19. The largest absolute Gasteiger partial charge is 0.486 e. The molecule has 4 heteroatoms. The summed E-state index contributed by atoms with van der Waals surface area (Å²) in [5, 5.41) is 3.17. The molecule has 1 aromatic carbocycles. The van der Waals surface area contributed by atoms with Crippen LogP contribution < -0.4 is 10.1 Å². The zero-order valence-electron chi connectivity index (χ0n) is 9.59. The van der Waals surface area contributed by atoms with Gasteiger partial charge in [0.05, 0.1) is 0 Å². The molecule has 1 unspecified atom stereocenters. The van der Waals surface area contributed by atoms with Crippen LogP contribution in [0.1, 0.15) is 20.3 Å². The lowest BCUT2D eigenvalue weighted by molar-refractivity contribution is 0.277. The number of nitrogens with one attached hydrogen (secondary N) is 1. The van der Waals surface area contributed by atoms with E-state index >= 15 is 0 Å². The number of rotatable bonds is 6. The van der Waals surface area contributed by atoms with Crippen LogP contribution in [0.3, 0.4) is 0 Å². The summed E-state index contributed by atoms with van der Waals surface area (Å²) in [6.07, 6.45) is 1.01. The summed E-state index contributed by atoms with van der Waals surface area (Å²) in [6.45, 7) is 4.93. The average Bonchev–Trinajstić information content (AvgIpc) is 2.27. The molecule has 0 aromatic heterocycles. The van der Waals surface area contributed by atoms with Gasteiger partial charge in [-0.25, -0.2) is 8.78 Å². The summed E-state index contributed by atoms with van der Waals surface area (Å²) in [5.74, 6) is -1.62. The highest BCUT2D eigenvalue weighted by molar-refractivity contribution is 5.25. The zero-order valence-corrected chi connectivity index (χ0v) is 9.59. The molecule has 0 aliphatic carbocycles. The number of hydrogen-bond acceptors (Lipinski definition) is 2. The normalized spacial score (nSPS) is 12.5. The molecule has 16 heavy (non-hydrogen) atoms. The molecule has 0 aliphatic rings. The van der Waals surface area contributed by atoms with Crippen LogP contribution in [-0.4, -0.2) is 19.2 Å². The quantitative estimate of drug-likeness (QED) is 0.757. The first kappa shape index (κ1) is 12.9. The Labute approximate surface area is 94.6 Å². The maximum absolute atomic E-state index is 13.1. The maximum atomic E-state index is 13.1. The highest BCUT2D eigenvalue weighted by Gasteiger charge is 2.08. The third-order valence-corrected chi connectivity index (χ3v) is 2.37. The van der Waals surface area contributed by atoms with Crippen LogP contribution in [0.25, 0.3) is 0 Å². The second kappa shape index (κ2) is 6.43. The van der Waals surface area contributed by atoms with E-state index in [2.05, 4.69) is 12.2 Å². The van der Waals surface area contributed by atoms with Crippen molar-refractivity contribution in [3.63, 3.8) is 0 Å². The molecular formula is C12H17F2NO. The molecule has 1 rings (SSSR count). The molecule has 1 N–H and O–H groups in total. The van der Waals surface area contributed by atoms with Crippen molar-refractivity contribution in [3.8, 4) is 5.75 Å². The molecule has 1 aromatic rings. The third kappa shape index (κ3) is 3.77. The van der Waals surface area contributed by atoms with Crippen molar-refractivity contribution in [1.82, 2.24) is 5.32 Å². The highest BCUT2D eigenvalue weighted by atomic mass is 19.1. The molecule has 0 spiro atoms. The zero-order chi connectivity index (χ0) is 12.0. The number of ether oxygens (including phenoxy) is 1. The minimum absolute atomic E-state index is 0.252. The van der Waals surface area contributed by atoms with Crippen molar-refractivity contribution in [2.45, 2.75) is 26.3 Å². The predicted molar refractivity (Wildman–Crippen MR) is 59.6 cm³/mol. The summed E-state index contributed by atoms with van der Waals surface area (Å²) >= 11 is 0. The lowest BCUT2D eigenvalue weighted by atomic mass is 10.3. The van der Waals surface area contributed by atoms with Crippen molar-refractivity contribution >= 4 is 0 Å². The Morgan fingerprint density at radius 1 is 1.31 bits per heavy atom. The van der Waals surface area contributed by atoms with Gasteiger partial charge >= 0.3 is 0 Å². The molecule has 0 radical (unpaired) electrons. The van der Waals surface area contributed by atoms with Gasteiger partial charge in [-0.1, -0.05) is 13.0 Å². The van der Waals surface area contributed by atoms with E-state index in [4.69, 9.17) is 4.74 Å². The molecule has 2 nitrogen and oxygen atoms in total. The molecule has 90 valence electrons. The summed E-state index contributed by atoms with van der Waals surface area (Å²) in [6, 6.07) is 4.06. The van der Waals surface area contributed by atoms with E-state index < -0.39 is 11.6 Å². The molecule has 0 fully saturated rings. The van der Waals surface area contributed by atoms with Gasteiger partial charge in [-0.05, 0) is 25.5 Å². The molecule has 0 saturated heterocycles. The molecule has 0 bridgehead atoms. The SMILES string of the molecule is CCC(C)NCCOc1c(F)cccc1F. The summed E-state index contributed by atoms with van der Waals surface area (Å²) in [4.78, 5) is 0. The Morgan fingerprint density at radius 2 is 1.94 bits per heavy atom. The van der Waals surface area contributed by atoms with Crippen molar-refractivity contribution in [1.29, 1.82) is 0 Å². The second-order valence-electron chi connectivity index (χ2n) is 3.66. The van der Waals surface area contributed by atoms with Gasteiger partial charge in [-0.15, -0.1) is 0 Å². The highest BCUT2D eigenvalue weighted by Crippen LogP contribution is 2.20. The van der Waals surface area contributed by atoms with Gasteiger partial charge in [0.2, 0.25) is 0 Å². The van der Waals surface area contributed by atoms with Crippen LogP contribution in [0.5, 0.6) is 5.75 Å². The van der Waals surface area contributed by atoms with E-state index in [1.165, 1.54) is 18.2 Å². The first-order chi connectivity index (χ1) is 7.65. The number of halogens is 2. The Hall–Kier alpha value is -1.16. The molecule has 1 atom stereocenters. The maximum Gasteiger partial charge on any atom is 0.190 e. The number of benzene rings is 1. The van der Waals surface area contributed by atoms with Crippen LogP contribution in [0, 0.1) is 11.6 Å². The van der Waals surface area contributed by atoms with Crippen molar-refractivity contribution in [3.05, 3.63) is 29.8 Å². The van der Waals surface area contributed by atoms with Crippen LogP contribution in [0.15, 0.2) is 18.2 Å². The van der Waals surface area contributed by atoms with Gasteiger partial charge in [-0.3, -0.25) is 0 Å². The van der Waals surface area contributed by atoms with Crippen LogP contribution >= 0.6 is 0 Å². The minimum atomic E-state index is -0.663.